The van der Waals surface area contributed by atoms with Crippen LogP contribution in [0.1, 0.15) is 28.8 Å². The van der Waals surface area contributed by atoms with Gasteiger partial charge in [0.25, 0.3) is 6.43 Å². The summed E-state index contributed by atoms with van der Waals surface area (Å²) >= 11 is 3.08. The Morgan fingerprint density at radius 1 is 1.38 bits per heavy atom. The molecule has 0 aromatic carbocycles. The van der Waals surface area contributed by atoms with E-state index in [1.807, 2.05) is 6.07 Å². The topological polar surface area (TPSA) is 60.5 Å². The number of hydrogen-bond donors (Lipinski definition) is 0. The molecule has 0 saturated carbocycles. The van der Waals surface area contributed by atoms with Crippen molar-refractivity contribution in [3.63, 3.8) is 0 Å². The molecule has 1 rings (SSSR count). The maximum absolute atomic E-state index is 12.6. The van der Waals surface area contributed by atoms with E-state index >= 15 is 0 Å². The lowest BCUT2D eigenvalue weighted by Gasteiger charge is -2.10. The number of halogens is 3. The summed E-state index contributed by atoms with van der Waals surface area (Å²) in [5, 5.41) is 17.5. The van der Waals surface area contributed by atoms with Crippen LogP contribution in [-0.2, 0) is 11.8 Å². The molecule has 1 aromatic rings. The van der Waals surface area contributed by atoms with E-state index in [-0.39, 0.29) is 34.1 Å². The van der Waals surface area contributed by atoms with Gasteiger partial charge < -0.3 is 0 Å². The van der Waals surface area contributed by atoms with E-state index < -0.39 is 6.43 Å². The van der Waals surface area contributed by atoms with Crippen molar-refractivity contribution in [1.29, 1.82) is 10.5 Å². The fourth-order valence-corrected chi connectivity index (χ4v) is 1.98. The highest BCUT2D eigenvalue weighted by Gasteiger charge is 2.19. The Morgan fingerprint density at radius 3 is 2.50 bits per heavy atom. The Labute approximate surface area is 99.5 Å². The summed E-state index contributed by atoms with van der Waals surface area (Å²) in [4.78, 5) is 3.63. The number of aromatic nitrogens is 1. The fourth-order valence-electron chi connectivity index (χ4n) is 1.32. The summed E-state index contributed by atoms with van der Waals surface area (Å²) in [6.45, 7) is 0. The Bertz CT molecular complexity index is 474. The van der Waals surface area contributed by atoms with Gasteiger partial charge in [0.05, 0.1) is 12.5 Å². The van der Waals surface area contributed by atoms with E-state index in [0.29, 0.717) is 0 Å². The van der Waals surface area contributed by atoms with Gasteiger partial charge in [-0.05, 0) is 5.56 Å². The van der Waals surface area contributed by atoms with Crippen molar-refractivity contribution in [3.8, 4) is 12.1 Å². The lowest BCUT2D eigenvalue weighted by Crippen LogP contribution is -2.04. The Kier molecular flexibility index (Phi) is 4.33. The van der Waals surface area contributed by atoms with E-state index in [1.165, 1.54) is 0 Å². The van der Waals surface area contributed by atoms with Crippen molar-refractivity contribution in [2.75, 3.05) is 0 Å². The van der Waals surface area contributed by atoms with Crippen LogP contribution in [0, 0.1) is 22.7 Å². The maximum Gasteiger partial charge on any atom is 0.265 e. The summed E-state index contributed by atoms with van der Waals surface area (Å²) in [6.07, 6.45) is -1.77. The molecule has 0 radical (unpaired) electrons. The lowest BCUT2D eigenvalue weighted by atomic mass is 10.0. The van der Waals surface area contributed by atoms with Gasteiger partial charge in [-0.3, -0.25) is 0 Å². The minimum absolute atomic E-state index is 0.0281. The van der Waals surface area contributed by atoms with Crippen LogP contribution in [0.15, 0.2) is 6.20 Å². The van der Waals surface area contributed by atoms with E-state index in [4.69, 9.17) is 10.5 Å². The van der Waals surface area contributed by atoms with E-state index in [1.54, 1.807) is 6.07 Å². The van der Waals surface area contributed by atoms with Crippen molar-refractivity contribution in [3.05, 3.63) is 28.6 Å². The normalized spacial score (nSPS) is 9.88. The van der Waals surface area contributed by atoms with E-state index in [9.17, 15) is 8.78 Å². The predicted octanol–water partition coefficient (Wildman–Crippen LogP) is 2.85. The average Bonchev–Trinajstić information content (AvgIpc) is 2.28. The molecule has 0 bridgehead atoms. The molecule has 0 N–H and O–H groups in total. The van der Waals surface area contributed by atoms with E-state index in [2.05, 4.69) is 20.9 Å². The molecule has 0 aliphatic heterocycles. The van der Waals surface area contributed by atoms with Crippen LogP contribution in [0.25, 0.3) is 0 Å². The highest BCUT2D eigenvalue weighted by atomic mass is 79.9. The first-order chi connectivity index (χ1) is 7.65. The van der Waals surface area contributed by atoms with Gasteiger partial charge >= 0.3 is 0 Å². The maximum atomic E-state index is 12.6. The third-order valence-corrected chi connectivity index (χ3v) is 2.62. The van der Waals surface area contributed by atoms with Crippen LogP contribution >= 0.6 is 15.9 Å². The van der Waals surface area contributed by atoms with Gasteiger partial charge in [0.2, 0.25) is 0 Å². The Hall–Kier alpha value is -1.53. The summed E-state index contributed by atoms with van der Waals surface area (Å²) in [5.74, 6) is 0. The monoisotopic (exact) mass is 285 g/mol. The SMILES string of the molecule is N#CCc1c(C#N)ncc(C(F)F)c1CBr. The van der Waals surface area contributed by atoms with Crippen molar-refractivity contribution >= 4 is 15.9 Å². The molecule has 1 aromatic heterocycles. The molecule has 0 fully saturated rings. The second-order valence-electron chi connectivity index (χ2n) is 2.90. The van der Waals surface area contributed by atoms with Crippen molar-refractivity contribution in [1.82, 2.24) is 4.98 Å². The van der Waals surface area contributed by atoms with Gasteiger partial charge in [-0.25, -0.2) is 13.8 Å². The molecule has 0 unspecified atom stereocenters. The number of rotatable bonds is 3. The Morgan fingerprint density at radius 2 is 2.06 bits per heavy atom. The van der Waals surface area contributed by atoms with Crippen LogP contribution in [0.4, 0.5) is 8.78 Å². The molecule has 1 heterocycles. The summed E-state index contributed by atoms with van der Waals surface area (Å²) < 4.78 is 25.3. The molecule has 82 valence electrons. The van der Waals surface area contributed by atoms with Crippen LogP contribution < -0.4 is 0 Å². The number of nitrogens with zero attached hydrogens (tertiary/aromatic N) is 3. The van der Waals surface area contributed by atoms with Gasteiger partial charge in [-0.2, -0.15) is 10.5 Å². The average molecular weight is 286 g/mol. The third kappa shape index (κ3) is 2.34. The number of alkyl halides is 3. The van der Waals surface area contributed by atoms with Gasteiger partial charge in [-0.15, -0.1) is 0 Å². The minimum atomic E-state index is -2.66. The van der Waals surface area contributed by atoms with Gasteiger partial charge in [0.15, 0.2) is 0 Å². The largest absolute Gasteiger partial charge is 0.265 e. The molecule has 0 aliphatic rings. The minimum Gasteiger partial charge on any atom is -0.245 e. The van der Waals surface area contributed by atoms with Crippen LogP contribution in [0.2, 0.25) is 0 Å². The molecule has 16 heavy (non-hydrogen) atoms. The van der Waals surface area contributed by atoms with Gasteiger partial charge in [0.1, 0.15) is 11.8 Å². The number of hydrogen-bond acceptors (Lipinski definition) is 3. The molecule has 3 nitrogen and oxygen atoms in total. The van der Waals surface area contributed by atoms with Crippen molar-refractivity contribution in [2.45, 2.75) is 18.2 Å². The summed E-state index contributed by atoms with van der Waals surface area (Å²) in [6, 6.07) is 3.64. The van der Waals surface area contributed by atoms with E-state index in [0.717, 1.165) is 6.20 Å². The zero-order chi connectivity index (χ0) is 12.1. The van der Waals surface area contributed by atoms with Crippen LogP contribution in [0.3, 0.4) is 0 Å². The molecular weight excluding hydrogens is 280 g/mol. The predicted molar refractivity (Wildman–Crippen MR) is 55.9 cm³/mol. The summed E-state index contributed by atoms with van der Waals surface area (Å²) in [7, 11) is 0. The zero-order valence-electron chi connectivity index (χ0n) is 8.04. The highest BCUT2D eigenvalue weighted by Crippen LogP contribution is 2.28. The molecular formula is C10H6BrF2N3. The highest BCUT2D eigenvalue weighted by molar-refractivity contribution is 9.08. The molecule has 0 saturated heterocycles. The first-order valence-corrected chi connectivity index (χ1v) is 5.39. The van der Waals surface area contributed by atoms with Gasteiger partial charge in [0, 0.05) is 22.7 Å². The first kappa shape index (κ1) is 12.5. The van der Waals surface area contributed by atoms with Crippen molar-refractivity contribution in [2.24, 2.45) is 0 Å². The van der Waals surface area contributed by atoms with Crippen LogP contribution in [-0.4, -0.2) is 4.98 Å². The van der Waals surface area contributed by atoms with Crippen LogP contribution in [0.5, 0.6) is 0 Å². The molecule has 0 aliphatic carbocycles. The summed E-state index contributed by atoms with van der Waals surface area (Å²) in [5.41, 5.74) is 0.351. The standard InChI is InChI=1S/C10H6BrF2N3/c11-3-7-6(1-2-14)9(4-15)16-5-8(7)10(12)13/h5,10H,1,3H2. The quantitative estimate of drug-likeness (QED) is 0.803. The smallest absolute Gasteiger partial charge is 0.245 e. The molecule has 0 spiro atoms. The third-order valence-electron chi connectivity index (χ3n) is 2.06. The number of nitriles is 2. The second kappa shape index (κ2) is 5.53. The Balaban J connectivity index is 3.45. The molecule has 0 amide bonds. The zero-order valence-corrected chi connectivity index (χ0v) is 9.63. The lowest BCUT2D eigenvalue weighted by molar-refractivity contribution is 0.150. The molecule has 6 heteroatoms. The second-order valence-corrected chi connectivity index (χ2v) is 3.46. The fraction of sp³-hybridized carbons (Fsp3) is 0.300. The van der Waals surface area contributed by atoms with Gasteiger partial charge in [-0.1, -0.05) is 15.9 Å². The number of pyridine rings is 1. The van der Waals surface area contributed by atoms with Crippen molar-refractivity contribution < 1.29 is 8.78 Å². The first-order valence-electron chi connectivity index (χ1n) is 4.27. The molecule has 0 atom stereocenters.